The van der Waals surface area contributed by atoms with Crippen molar-refractivity contribution in [1.29, 1.82) is 0 Å². The second-order valence-corrected chi connectivity index (χ2v) is 37.2. The molecule has 0 aromatic carbocycles. The molecule has 90 heavy (non-hydrogen) atoms. The van der Waals surface area contributed by atoms with Gasteiger partial charge in [-0.15, -0.1) is 0 Å². The Morgan fingerprint density at radius 1 is 0.433 bits per heavy atom. The van der Waals surface area contributed by atoms with Crippen molar-refractivity contribution in [3.8, 4) is 0 Å². The monoisotopic (exact) mass is 1500 g/mol. The highest BCUT2D eigenvalue weighted by Crippen LogP contribution is 2.35. The average molecular weight is 1500 g/mol. The van der Waals surface area contributed by atoms with Crippen LogP contribution < -0.4 is 0 Å². The van der Waals surface area contributed by atoms with Crippen molar-refractivity contribution in [1.82, 2.24) is 59.5 Å². The fourth-order valence-electron chi connectivity index (χ4n) is 9.36. The Hall–Kier alpha value is -3.75. The average Bonchev–Trinajstić information content (AvgIpc) is 1.71. The molecule has 20 nitrogen and oxygen atoms in total. The maximum atomic E-state index is 12.0. The van der Waals surface area contributed by atoms with E-state index in [4.69, 9.17) is 83.3 Å². The van der Waals surface area contributed by atoms with Crippen LogP contribution in [0.25, 0.3) is 0 Å². The van der Waals surface area contributed by atoms with Crippen LogP contribution in [0.5, 0.6) is 0 Å². The van der Waals surface area contributed by atoms with Crippen molar-refractivity contribution in [2.24, 2.45) is 0 Å². The van der Waals surface area contributed by atoms with Gasteiger partial charge < -0.3 is 38.9 Å². The zero-order valence-electron chi connectivity index (χ0n) is 54.7. The first-order valence-corrected chi connectivity index (χ1v) is 38.4. The second-order valence-electron chi connectivity index (χ2n) is 26.1. The lowest BCUT2D eigenvalue weighted by molar-refractivity contribution is -0.129. The Morgan fingerprint density at radius 2 is 0.678 bits per heavy atom. The summed E-state index contributed by atoms with van der Waals surface area (Å²) in [5.41, 5.74) is 1.43. The first-order valence-electron chi connectivity index (χ1n) is 30.7. The Balaban J connectivity index is 0.000000282. The Kier molecular flexibility index (Phi) is 35.6. The van der Waals surface area contributed by atoms with E-state index in [9.17, 15) is 24.3 Å². The molecule has 4 aliphatic heterocycles. The highest BCUT2D eigenvalue weighted by molar-refractivity contribution is 14.1. The van der Waals surface area contributed by atoms with E-state index in [0.717, 1.165) is 81.8 Å². The minimum atomic E-state index is -1.14. The number of ether oxygens (including phenoxy) is 3. The van der Waals surface area contributed by atoms with Crippen molar-refractivity contribution in [3.05, 3.63) is 92.4 Å². The number of hydrogen-bond donors (Lipinski definition) is 1. The SMILES string of the molecule is CC(=O)N1CCC(c2nccnc2Cl)CC1.CC(C)(C)OC(=O)N1CCC(I)CC1.CC(C)(C)OC(=O)N1CCC(O)CC1.CC(C)(C)OC(=O)N1CCC(c2nccnc2Cl)CC1.C[Si](C)(C)Cl.Clc1nccnc1C1CCCCC1.Clc1nccnc1Cl. The van der Waals surface area contributed by atoms with Crippen molar-refractivity contribution in [2.75, 3.05) is 52.4 Å². The number of alkyl halides is 1. The number of piperidine rings is 4. The van der Waals surface area contributed by atoms with E-state index in [2.05, 4.69) is 82.1 Å². The third kappa shape index (κ3) is 33.9. The van der Waals surface area contributed by atoms with E-state index in [-0.39, 0.29) is 52.1 Å². The fourth-order valence-corrected chi connectivity index (χ4v) is 10.9. The Morgan fingerprint density at radius 3 is 0.944 bits per heavy atom. The molecule has 1 saturated carbocycles. The minimum absolute atomic E-state index is 0.142. The number of rotatable bonds is 3. The summed E-state index contributed by atoms with van der Waals surface area (Å²) in [4.78, 5) is 85.7. The molecule has 1 N–H and O–H groups in total. The van der Waals surface area contributed by atoms with Gasteiger partial charge in [-0.3, -0.25) is 19.7 Å². The van der Waals surface area contributed by atoms with Crippen molar-refractivity contribution in [2.45, 2.75) is 217 Å². The molecule has 4 aromatic rings. The van der Waals surface area contributed by atoms with Crippen LogP contribution in [0.1, 0.15) is 188 Å². The number of halogens is 7. The number of carbonyl (C=O) groups is 4. The zero-order chi connectivity index (χ0) is 67.4. The van der Waals surface area contributed by atoms with Gasteiger partial charge in [0.1, 0.15) is 24.2 Å². The van der Waals surface area contributed by atoms with Crippen molar-refractivity contribution in [3.63, 3.8) is 0 Å². The standard InChI is InChI=1S/C14H20ClN3O2.C11H14ClN3O.C10H13ClN2.C10H18INO2.C10H19NO3.C4H2Cl2N2.C3H9ClSi/c1-14(2,3)20-13(19)18-8-4-10(5-9-18)11-12(15)17-7-6-16-11;1-8(16)15-6-2-9(3-7-15)10-11(12)14-5-4-13-10;11-10-9(12-6-7-13-10)8-4-2-1-3-5-8;1-10(2,3)14-9(13)12-6-4-8(11)5-7-12;1-10(2,3)14-9(13)11-6-4-8(12)5-7-11;5-3-4(6)8-2-1-7-3;1-5(2,3)4/h6-7,10H,4-5,8-9H2,1-3H3;4-5,9H,2-3,6-7H2,1H3;6-8H,1-5H2;8H,4-7H2,1-3H3;8,12H,4-7H2,1-3H3;1-2H;1-3H3. The summed E-state index contributed by atoms with van der Waals surface area (Å²) in [6, 6.07) is 0. The normalized spacial score (nSPS) is 17.2. The third-order valence-corrected chi connectivity index (χ3v) is 16.5. The van der Waals surface area contributed by atoms with E-state index >= 15 is 0 Å². The summed E-state index contributed by atoms with van der Waals surface area (Å²) in [6.07, 6.45) is 25.3. The molecule has 4 amide bonds. The molecular weight excluding hydrogens is 1410 g/mol. The van der Waals surface area contributed by atoms with E-state index in [1.54, 1.807) is 58.8 Å². The highest BCUT2D eigenvalue weighted by Gasteiger charge is 2.31. The van der Waals surface area contributed by atoms with Gasteiger partial charge >= 0.3 is 18.3 Å². The minimum Gasteiger partial charge on any atom is -0.444 e. The molecule has 0 bridgehead atoms. The molecule has 504 valence electrons. The largest absolute Gasteiger partial charge is 0.444 e. The van der Waals surface area contributed by atoms with Crippen LogP contribution in [0.2, 0.25) is 45.4 Å². The number of aliphatic hydroxyl groups is 1. The van der Waals surface area contributed by atoms with Gasteiger partial charge in [-0.25, -0.2) is 39.3 Å². The molecule has 9 rings (SSSR count). The van der Waals surface area contributed by atoms with E-state index in [0.29, 0.717) is 70.2 Å². The maximum Gasteiger partial charge on any atom is 0.410 e. The molecule has 4 saturated heterocycles. The first-order chi connectivity index (χ1) is 42.0. The van der Waals surface area contributed by atoms with Crippen LogP contribution in [-0.2, 0) is 19.0 Å². The molecule has 1 aliphatic carbocycles. The number of likely N-dealkylation sites (tertiary alicyclic amines) is 4. The van der Waals surface area contributed by atoms with Gasteiger partial charge in [0.25, 0.3) is 0 Å². The van der Waals surface area contributed by atoms with E-state index in [1.807, 2.05) is 67.2 Å². The fraction of sp³-hybridized carbons (Fsp3) is 0.677. The number of hydrogen-bond acceptors (Lipinski definition) is 16. The van der Waals surface area contributed by atoms with Gasteiger partial charge in [-0.05, 0) is 127 Å². The predicted molar refractivity (Wildman–Crippen MR) is 370 cm³/mol. The highest BCUT2D eigenvalue weighted by atomic mass is 127. The molecule has 5 fully saturated rings. The van der Waals surface area contributed by atoms with Crippen LogP contribution in [0.4, 0.5) is 14.4 Å². The number of aliphatic hydroxyl groups excluding tert-OH is 1. The number of amides is 4. The van der Waals surface area contributed by atoms with Crippen LogP contribution >= 0.6 is 91.7 Å². The lowest BCUT2D eigenvalue weighted by Crippen LogP contribution is -2.42. The molecule has 8 heterocycles. The molecule has 0 spiro atoms. The number of nitrogens with zero attached hydrogens (tertiary/aromatic N) is 12. The van der Waals surface area contributed by atoms with Gasteiger partial charge in [0.15, 0.2) is 25.8 Å². The topological polar surface area (TPSA) is 232 Å². The molecule has 0 atom stereocenters. The van der Waals surface area contributed by atoms with Crippen molar-refractivity contribution >= 4 is 123 Å². The molecule has 5 aliphatic rings. The molecule has 28 heteroatoms. The van der Waals surface area contributed by atoms with Crippen LogP contribution in [0, 0.1) is 0 Å². The first kappa shape index (κ1) is 80.5. The lowest BCUT2D eigenvalue weighted by Gasteiger charge is -2.33. The molecule has 0 radical (unpaired) electrons. The number of aromatic nitrogens is 8. The smallest absolute Gasteiger partial charge is 0.410 e. The van der Waals surface area contributed by atoms with E-state index in [1.165, 1.54) is 44.5 Å². The Bertz CT molecular complexity index is 2710. The van der Waals surface area contributed by atoms with Gasteiger partial charge in [0.2, 0.25) is 5.91 Å². The van der Waals surface area contributed by atoms with Crippen LogP contribution in [0.15, 0.2) is 49.6 Å². The van der Waals surface area contributed by atoms with E-state index < -0.39 is 18.6 Å². The molecule has 0 unspecified atom stereocenters. The van der Waals surface area contributed by atoms with Crippen LogP contribution in [0.3, 0.4) is 0 Å². The number of carbonyl (C=O) groups excluding carboxylic acids is 4. The zero-order valence-corrected chi connectivity index (χ0v) is 62.4. The molecule has 4 aromatic heterocycles. The lowest BCUT2D eigenvalue weighted by atomic mass is 9.87. The summed E-state index contributed by atoms with van der Waals surface area (Å²) in [5, 5.41) is 11.3. The van der Waals surface area contributed by atoms with Gasteiger partial charge in [0.05, 0.1) is 23.2 Å². The predicted octanol–water partition coefficient (Wildman–Crippen LogP) is 16.3. The van der Waals surface area contributed by atoms with Gasteiger partial charge in [-0.2, -0.15) is 11.1 Å². The van der Waals surface area contributed by atoms with Gasteiger partial charge in [0, 0.05) is 131 Å². The summed E-state index contributed by atoms with van der Waals surface area (Å²) in [5.74, 6) is 1.28. The second kappa shape index (κ2) is 39.8. The third-order valence-electron chi connectivity index (χ3n) is 13.7. The summed E-state index contributed by atoms with van der Waals surface area (Å²) in [7, 11) is -1.14. The Labute approximate surface area is 578 Å². The quantitative estimate of drug-likeness (QED) is 0.0660. The van der Waals surface area contributed by atoms with Crippen molar-refractivity contribution < 1.29 is 38.5 Å². The summed E-state index contributed by atoms with van der Waals surface area (Å²) < 4.78 is 16.6. The maximum absolute atomic E-state index is 12.0. The van der Waals surface area contributed by atoms with Crippen LogP contribution in [-0.4, -0.2) is 175 Å². The van der Waals surface area contributed by atoms with Gasteiger partial charge in [-0.1, -0.05) is 119 Å². The summed E-state index contributed by atoms with van der Waals surface area (Å²) >= 11 is 37.0. The summed E-state index contributed by atoms with van der Waals surface area (Å²) in [6.45, 7) is 30.5. The molecular formula is C62H95Cl6IN12O8Si.